The molecule has 2 aromatic heterocycles. The highest BCUT2D eigenvalue weighted by molar-refractivity contribution is 5.87. The van der Waals surface area contributed by atoms with Crippen molar-refractivity contribution in [1.29, 1.82) is 0 Å². The lowest BCUT2D eigenvalue weighted by molar-refractivity contribution is -0.361. The van der Waals surface area contributed by atoms with Crippen molar-refractivity contribution in [3.05, 3.63) is 54.0 Å². The Morgan fingerprint density at radius 2 is 1.65 bits per heavy atom. The summed E-state index contributed by atoms with van der Waals surface area (Å²) in [5, 5.41) is 115. The Hall–Kier alpha value is -3.80. The molecule has 2 saturated heterocycles. The molecule has 20 heteroatoms. The minimum absolute atomic E-state index is 0.000121. The van der Waals surface area contributed by atoms with Crippen molar-refractivity contribution in [3.8, 4) is 0 Å². The highest BCUT2D eigenvalue weighted by Gasteiger charge is 2.82. The second kappa shape index (κ2) is 20.1. The number of nitrogens with zero attached hydrogens (tertiary/aromatic N) is 2. The summed E-state index contributed by atoms with van der Waals surface area (Å²) in [6.45, 7) is 6.28. The molecule has 5 heterocycles. The Labute approximate surface area is 491 Å². The van der Waals surface area contributed by atoms with Gasteiger partial charge in [0.1, 0.15) is 30.4 Å². The first-order valence-electron chi connectivity index (χ1n) is 32.2. The highest BCUT2D eigenvalue weighted by Crippen LogP contribution is 2.85. The van der Waals surface area contributed by atoms with Crippen LogP contribution >= 0.6 is 0 Å². The first kappa shape index (κ1) is 57.9. The number of imidazole rings is 2. The number of carboxylic acids is 1. The summed E-state index contributed by atoms with van der Waals surface area (Å²) >= 11 is 0. The fourth-order valence-electron chi connectivity index (χ4n) is 24.1. The van der Waals surface area contributed by atoms with Crippen LogP contribution in [0.1, 0.15) is 141 Å². The largest absolute Gasteiger partial charge is 0.481 e. The topological polar surface area (TPSA) is 342 Å². The Morgan fingerprint density at radius 3 is 2.36 bits per heavy atom. The molecular weight excluding hydrogens is 1070 g/mol. The third-order valence-electron chi connectivity index (χ3n) is 27.4. The molecule has 14 rings (SSSR count). The molecule has 2 bridgehead atoms. The van der Waals surface area contributed by atoms with Crippen molar-refractivity contribution < 1.29 is 65.0 Å². The van der Waals surface area contributed by atoms with Gasteiger partial charge in [0.05, 0.1) is 72.2 Å². The molecule has 0 unspecified atom stereocenters. The molecule has 9 fully saturated rings. The van der Waals surface area contributed by atoms with Crippen LogP contribution in [0, 0.1) is 97.1 Å². The minimum atomic E-state index is -1.69. The summed E-state index contributed by atoms with van der Waals surface area (Å²) in [5.74, 6) is -3.49. The number of nitrogens with two attached hydrogens (primary N) is 1. The van der Waals surface area contributed by atoms with Crippen molar-refractivity contribution >= 4 is 17.7 Å². The first-order valence-corrected chi connectivity index (χ1v) is 32.2. The lowest BCUT2D eigenvalue weighted by Crippen LogP contribution is -2.79. The number of allylic oxidation sites excluding steroid dienone is 3. The molecular formula is C64H93N7O13. The maximum atomic E-state index is 15.6. The van der Waals surface area contributed by atoms with E-state index in [4.69, 9.17) is 20.2 Å². The summed E-state index contributed by atoms with van der Waals surface area (Å²) in [5.41, 5.74) is 1.75. The number of nitrogens with one attached hydrogen (secondary N) is 4. The zero-order chi connectivity index (χ0) is 58.9. The van der Waals surface area contributed by atoms with Crippen LogP contribution in [0.2, 0.25) is 0 Å². The maximum absolute atomic E-state index is 15.6. The van der Waals surface area contributed by atoms with Crippen LogP contribution in [0.5, 0.6) is 0 Å². The van der Waals surface area contributed by atoms with Gasteiger partial charge in [0, 0.05) is 48.7 Å². The highest BCUT2D eigenvalue weighted by atomic mass is 16.7. The van der Waals surface area contributed by atoms with Gasteiger partial charge in [-0.3, -0.25) is 9.59 Å². The third kappa shape index (κ3) is 7.39. The molecule has 25 atom stereocenters. The van der Waals surface area contributed by atoms with Crippen LogP contribution in [0.15, 0.2) is 42.7 Å². The number of hydrogen-bond acceptors (Lipinski definition) is 16. The monoisotopic (exact) mass is 1170 g/mol. The number of hydrogen-bond donors (Lipinski definition) is 14. The van der Waals surface area contributed by atoms with E-state index in [1.165, 1.54) is 5.57 Å². The summed E-state index contributed by atoms with van der Waals surface area (Å²) in [6.07, 6.45) is 12.5. The Kier molecular flexibility index (Phi) is 13.9. The van der Waals surface area contributed by atoms with Crippen LogP contribution in [0.4, 0.5) is 5.82 Å². The van der Waals surface area contributed by atoms with Gasteiger partial charge in [0.25, 0.3) is 0 Å². The number of carbonyl (C=O) groups is 2. The molecule has 462 valence electrons. The van der Waals surface area contributed by atoms with Crippen molar-refractivity contribution in [2.24, 2.45) is 103 Å². The number of aliphatic carboxylic acids is 1. The number of aromatic nitrogens is 4. The summed E-state index contributed by atoms with van der Waals surface area (Å²) in [4.78, 5) is 46.5. The smallest absolute Gasteiger partial charge is 0.310 e. The molecule has 1 spiro atoms. The SMILES string of the molecule is C[C@]1(CO)CC[C@@]2(C(=O)O)[C@@H](C1)C1=C[C@H]3CCC[C@@]4(CC[C@@H]5[C@](C)(CO)[C@H](O[C@@H]6OC[C@@H](O)[C@H](O)[C@H]6O)[C@H](O)[C@H]([C@H]6C=C[C@@](c7cnc[nH]7)([C@H](O)C[C@@H](N)O)[C@H]7NC(=O)C8(CCCC8)[C@H]67)[C@]5(C5CCCC5)[C@@H]34)[C@]1(C)[C@@H]1Cc3[nH]cnc3NC[C@@H]12. The summed E-state index contributed by atoms with van der Waals surface area (Å²) in [6, 6.07) is -0.783. The molecule has 9 aliphatic carbocycles. The zero-order valence-corrected chi connectivity index (χ0v) is 49.1. The predicted molar refractivity (Wildman–Crippen MR) is 304 cm³/mol. The lowest BCUT2D eigenvalue weighted by atomic mass is 9.24. The summed E-state index contributed by atoms with van der Waals surface area (Å²) < 4.78 is 13.2. The second-order valence-electron chi connectivity index (χ2n) is 30.2. The number of carboxylic acid groups (broad SMARTS) is 1. The molecule has 15 N–H and O–H groups in total. The molecule has 84 heavy (non-hydrogen) atoms. The van der Waals surface area contributed by atoms with Crippen molar-refractivity contribution in [1.82, 2.24) is 25.3 Å². The number of aliphatic hydroxyl groups excluding tert-OH is 8. The molecule has 0 radical (unpaired) electrons. The van der Waals surface area contributed by atoms with Crippen molar-refractivity contribution in [2.45, 2.75) is 197 Å². The number of carbonyl (C=O) groups excluding carboxylic acids is 1. The van der Waals surface area contributed by atoms with Gasteiger partial charge in [-0.05, 0) is 146 Å². The van der Waals surface area contributed by atoms with Gasteiger partial charge in [-0.1, -0.05) is 76.7 Å². The van der Waals surface area contributed by atoms with E-state index in [1.807, 2.05) is 13.0 Å². The third-order valence-corrected chi connectivity index (χ3v) is 27.4. The first-order chi connectivity index (χ1) is 40.2. The van der Waals surface area contributed by atoms with Crippen LogP contribution in [-0.4, -0.2) is 159 Å². The quantitative estimate of drug-likeness (QED) is 0.0864. The van der Waals surface area contributed by atoms with Crippen LogP contribution in [0.25, 0.3) is 0 Å². The lowest BCUT2D eigenvalue weighted by Gasteiger charge is -2.80. The number of rotatable bonds is 11. The van der Waals surface area contributed by atoms with Crippen molar-refractivity contribution in [3.63, 3.8) is 0 Å². The average molecular weight is 1170 g/mol. The van der Waals surface area contributed by atoms with E-state index in [0.29, 0.717) is 57.2 Å². The second-order valence-corrected chi connectivity index (χ2v) is 30.2. The van der Waals surface area contributed by atoms with Gasteiger partial charge in [0.15, 0.2) is 6.29 Å². The number of ether oxygens (including phenoxy) is 2. The van der Waals surface area contributed by atoms with Gasteiger partial charge >= 0.3 is 5.97 Å². The maximum Gasteiger partial charge on any atom is 0.310 e. The Balaban J connectivity index is 1.05. The van der Waals surface area contributed by atoms with E-state index in [2.05, 4.69) is 51.6 Å². The van der Waals surface area contributed by atoms with Crippen LogP contribution < -0.4 is 16.4 Å². The van der Waals surface area contributed by atoms with Crippen LogP contribution in [0.3, 0.4) is 0 Å². The number of anilines is 1. The van der Waals surface area contributed by atoms with E-state index in [1.54, 1.807) is 18.9 Å². The number of amides is 1. The average Bonchev–Trinajstić information content (AvgIpc) is 0.797. The van der Waals surface area contributed by atoms with E-state index in [0.717, 1.165) is 75.7 Å². The zero-order valence-electron chi connectivity index (χ0n) is 49.1. The normalized spacial score (nSPS) is 49.8. The Morgan fingerprint density at radius 1 is 0.881 bits per heavy atom. The fourth-order valence-corrected chi connectivity index (χ4v) is 24.1. The van der Waals surface area contributed by atoms with Crippen LogP contribution in [-0.2, 0) is 30.9 Å². The van der Waals surface area contributed by atoms with E-state index < -0.39 is 129 Å². The summed E-state index contributed by atoms with van der Waals surface area (Å²) in [7, 11) is 0. The van der Waals surface area contributed by atoms with Gasteiger partial charge in [0.2, 0.25) is 5.91 Å². The van der Waals surface area contributed by atoms with E-state index in [9.17, 15) is 50.8 Å². The van der Waals surface area contributed by atoms with Gasteiger partial charge < -0.3 is 81.8 Å². The van der Waals surface area contributed by atoms with E-state index in [-0.39, 0.29) is 67.0 Å². The van der Waals surface area contributed by atoms with Gasteiger partial charge in [-0.2, -0.15) is 0 Å². The number of aromatic amines is 2. The number of H-pyrrole nitrogens is 2. The number of aliphatic hydroxyl groups is 8. The molecule has 2 aromatic rings. The standard InChI is InChI=1S/C64H93N7O13/c1-57(28-72)19-20-62(56(81)82)37(24-57)35-21-32-9-8-16-61(59(35,3)36-22-39-53(70-31-68-39)67-25-38(36)62)17-13-41-58(2,29-73)52(84-54-49(79)47(77)40(74)27-83-54)48(78)45(64(41,50(32)61)33-10-4-5-11-33)34-12-18-63(42-26-66-30-69-42,43(75)23-44(65)76)51-46(34)60(55(80)71-51)14-6-7-15-60/h12,18,21,26,30-34,36-38,40-41,43-52,54,67,72-79H,4-11,13-17,19-20,22-25,27-29,65H2,1-3H3,(H,66,69)(H,68,70)(H,71,80)(H,81,82)/t32-,34-,36-,37+,38+,40-,41-,43-,44+,45+,46-,47+,48-,49-,50+,51+,52-,54+,57+,58+,59+,61+,62-,63-,64-/m1/s1. The molecule has 12 aliphatic rings. The molecule has 3 aliphatic heterocycles. The van der Waals surface area contributed by atoms with Gasteiger partial charge in [-0.25, -0.2) is 9.97 Å². The molecule has 7 saturated carbocycles. The molecule has 0 aromatic carbocycles. The Bertz CT molecular complexity index is 2910. The molecule has 1 amide bonds. The fraction of sp³-hybridized carbons (Fsp3) is 0.812. The minimum Gasteiger partial charge on any atom is -0.481 e. The van der Waals surface area contributed by atoms with Gasteiger partial charge in [-0.15, -0.1) is 0 Å². The van der Waals surface area contributed by atoms with E-state index >= 15 is 4.79 Å². The van der Waals surface area contributed by atoms with Crippen molar-refractivity contribution in [2.75, 3.05) is 31.7 Å². The molecule has 20 nitrogen and oxygen atoms in total. The predicted octanol–water partition coefficient (Wildman–Crippen LogP) is 3.79. The number of fused-ring (bicyclic) bond motifs is 10.